The number of carbonyl (C=O) groups is 1. The third-order valence-electron chi connectivity index (χ3n) is 3.16. The van der Waals surface area contributed by atoms with Crippen LogP contribution >= 0.6 is 0 Å². The number of nitrogens with one attached hydrogen (secondary N) is 2. The molecule has 0 saturated heterocycles. The Hall–Kier alpha value is -2.21. The first-order valence-corrected chi connectivity index (χ1v) is 7.36. The van der Waals surface area contributed by atoms with Gasteiger partial charge in [-0.2, -0.15) is 0 Å². The lowest BCUT2D eigenvalue weighted by Crippen LogP contribution is -2.45. The molecule has 6 nitrogen and oxygen atoms in total. The fraction of sp³-hybridized carbons (Fsp3) is 0.438. The second-order valence-electron chi connectivity index (χ2n) is 6.34. The van der Waals surface area contributed by atoms with E-state index in [1.807, 2.05) is 52.0 Å². The first-order chi connectivity index (χ1) is 10.3. The minimum absolute atomic E-state index is 0.00131. The van der Waals surface area contributed by atoms with Crippen molar-refractivity contribution in [3.05, 3.63) is 42.2 Å². The van der Waals surface area contributed by atoms with Gasteiger partial charge in [-0.25, -0.2) is 4.68 Å². The average Bonchev–Trinajstić information content (AvgIpc) is 2.97. The lowest BCUT2D eigenvalue weighted by Gasteiger charge is -2.21. The van der Waals surface area contributed by atoms with Gasteiger partial charge in [0.05, 0.1) is 24.6 Å². The highest BCUT2D eigenvalue weighted by molar-refractivity contribution is 5.78. The zero-order valence-electron chi connectivity index (χ0n) is 13.5. The molecule has 0 fully saturated rings. The monoisotopic (exact) mass is 301 g/mol. The van der Waals surface area contributed by atoms with Crippen LogP contribution in [0.1, 0.15) is 39.3 Å². The Morgan fingerprint density at radius 3 is 2.50 bits per heavy atom. The second-order valence-corrected chi connectivity index (χ2v) is 6.34. The van der Waals surface area contributed by atoms with Crippen LogP contribution in [0.4, 0.5) is 0 Å². The molecule has 0 bridgehead atoms. The van der Waals surface area contributed by atoms with Gasteiger partial charge in [-0.05, 0) is 45.4 Å². The second kappa shape index (κ2) is 6.70. The maximum Gasteiger partial charge on any atom is 0.234 e. The predicted octanol–water partition coefficient (Wildman–Crippen LogP) is 1.83. The topological polar surface area (TPSA) is 71.8 Å². The fourth-order valence-corrected chi connectivity index (χ4v) is 2.09. The predicted molar refractivity (Wildman–Crippen MR) is 85.7 cm³/mol. The van der Waals surface area contributed by atoms with Gasteiger partial charge in [0.15, 0.2) is 0 Å². The highest BCUT2D eigenvalue weighted by Gasteiger charge is 2.14. The van der Waals surface area contributed by atoms with Crippen molar-refractivity contribution in [3.63, 3.8) is 0 Å². The smallest absolute Gasteiger partial charge is 0.234 e. The molecule has 0 aliphatic carbocycles. The van der Waals surface area contributed by atoms with Crippen LogP contribution in [0.5, 0.6) is 0 Å². The van der Waals surface area contributed by atoms with E-state index in [1.165, 1.54) is 0 Å². The van der Waals surface area contributed by atoms with Crippen LogP contribution in [0.15, 0.2) is 36.7 Å². The molecule has 0 radical (unpaired) electrons. The summed E-state index contributed by atoms with van der Waals surface area (Å²) in [6.45, 7) is 8.24. The summed E-state index contributed by atoms with van der Waals surface area (Å²) in [5.74, 6) is -0.00131. The Morgan fingerprint density at radius 1 is 1.27 bits per heavy atom. The standard InChI is InChI=1S/C16H23N5O/c1-12(17-11-15(22)19-16(2,3)4)13-5-7-14(8-6-13)21-10-9-18-20-21/h5-10,12,17H,11H2,1-4H3,(H,19,22)/t12-/m1/s1. The maximum absolute atomic E-state index is 11.8. The summed E-state index contributed by atoms with van der Waals surface area (Å²) in [5, 5.41) is 13.9. The molecule has 0 aliphatic rings. The minimum Gasteiger partial charge on any atom is -0.350 e. The summed E-state index contributed by atoms with van der Waals surface area (Å²) in [4.78, 5) is 11.8. The van der Waals surface area contributed by atoms with Crippen LogP contribution in [-0.2, 0) is 4.79 Å². The number of nitrogens with zero attached hydrogens (tertiary/aromatic N) is 3. The van der Waals surface area contributed by atoms with Crippen molar-refractivity contribution < 1.29 is 4.79 Å². The van der Waals surface area contributed by atoms with Crippen molar-refractivity contribution in [1.82, 2.24) is 25.6 Å². The zero-order valence-corrected chi connectivity index (χ0v) is 13.5. The quantitative estimate of drug-likeness (QED) is 0.884. The highest BCUT2D eigenvalue weighted by Crippen LogP contribution is 2.14. The molecule has 0 unspecified atom stereocenters. The van der Waals surface area contributed by atoms with Gasteiger partial charge >= 0.3 is 0 Å². The summed E-state index contributed by atoms with van der Waals surface area (Å²) in [7, 11) is 0. The van der Waals surface area contributed by atoms with Gasteiger partial charge in [0.1, 0.15) is 0 Å². The van der Waals surface area contributed by atoms with Crippen molar-refractivity contribution in [2.24, 2.45) is 0 Å². The van der Waals surface area contributed by atoms with Gasteiger partial charge in [-0.15, -0.1) is 5.10 Å². The summed E-state index contributed by atoms with van der Waals surface area (Å²) >= 11 is 0. The largest absolute Gasteiger partial charge is 0.350 e. The van der Waals surface area contributed by atoms with Crippen LogP contribution < -0.4 is 10.6 Å². The Morgan fingerprint density at radius 2 is 1.95 bits per heavy atom. The molecular weight excluding hydrogens is 278 g/mol. The molecule has 2 aromatic rings. The summed E-state index contributed by atoms with van der Waals surface area (Å²) in [6.07, 6.45) is 3.44. The molecule has 1 aromatic carbocycles. The zero-order chi connectivity index (χ0) is 16.2. The van der Waals surface area contributed by atoms with E-state index < -0.39 is 0 Å². The Labute approximate surface area is 130 Å². The molecular formula is C16H23N5O. The highest BCUT2D eigenvalue weighted by atomic mass is 16.2. The van der Waals surface area contributed by atoms with Gasteiger partial charge in [-0.1, -0.05) is 17.3 Å². The fourth-order valence-electron chi connectivity index (χ4n) is 2.09. The van der Waals surface area contributed by atoms with Gasteiger partial charge in [-0.3, -0.25) is 4.79 Å². The first-order valence-electron chi connectivity index (χ1n) is 7.36. The number of carbonyl (C=O) groups excluding carboxylic acids is 1. The molecule has 2 N–H and O–H groups in total. The Bertz CT molecular complexity index is 598. The van der Waals surface area contributed by atoms with E-state index in [9.17, 15) is 4.79 Å². The minimum atomic E-state index is -0.207. The van der Waals surface area contributed by atoms with Crippen molar-refractivity contribution in [2.75, 3.05) is 6.54 Å². The van der Waals surface area contributed by atoms with E-state index in [1.54, 1.807) is 17.1 Å². The number of amides is 1. The molecule has 22 heavy (non-hydrogen) atoms. The number of aromatic nitrogens is 3. The van der Waals surface area contributed by atoms with Crippen molar-refractivity contribution >= 4 is 5.91 Å². The van der Waals surface area contributed by atoms with Gasteiger partial charge < -0.3 is 10.6 Å². The van der Waals surface area contributed by atoms with E-state index in [0.717, 1.165) is 11.3 Å². The third kappa shape index (κ3) is 4.66. The maximum atomic E-state index is 11.8. The van der Waals surface area contributed by atoms with Crippen molar-refractivity contribution in [1.29, 1.82) is 0 Å². The molecule has 1 heterocycles. The summed E-state index contributed by atoms with van der Waals surface area (Å²) in [6, 6.07) is 8.11. The lowest BCUT2D eigenvalue weighted by molar-refractivity contribution is -0.121. The van der Waals surface area contributed by atoms with Gasteiger partial charge in [0, 0.05) is 11.6 Å². The van der Waals surface area contributed by atoms with E-state index in [4.69, 9.17) is 0 Å². The first kappa shape index (κ1) is 16.2. The number of hydrogen-bond acceptors (Lipinski definition) is 4. The van der Waals surface area contributed by atoms with E-state index in [2.05, 4.69) is 20.9 Å². The van der Waals surface area contributed by atoms with E-state index in [-0.39, 0.29) is 17.5 Å². The molecule has 1 aromatic heterocycles. The molecule has 1 amide bonds. The van der Waals surface area contributed by atoms with Gasteiger partial charge in [0.2, 0.25) is 5.91 Å². The van der Waals surface area contributed by atoms with E-state index in [0.29, 0.717) is 6.54 Å². The SMILES string of the molecule is C[C@@H](NCC(=O)NC(C)(C)C)c1ccc(-n2ccnn2)cc1. The molecule has 2 rings (SSSR count). The van der Waals surface area contributed by atoms with Crippen LogP contribution in [0.3, 0.4) is 0 Å². The lowest BCUT2D eigenvalue weighted by atomic mass is 10.1. The Kier molecular flexibility index (Phi) is 4.92. The summed E-state index contributed by atoms with van der Waals surface area (Å²) in [5.41, 5.74) is 1.87. The van der Waals surface area contributed by atoms with Crippen LogP contribution in [0.2, 0.25) is 0 Å². The Balaban J connectivity index is 1.90. The molecule has 1 atom stereocenters. The third-order valence-corrected chi connectivity index (χ3v) is 3.16. The van der Waals surface area contributed by atoms with Crippen molar-refractivity contribution in [2.45, 2.75) is 39.3 Å². The average molecular weight is 301 g/mol. The van der Waals surface area contributed by atoms with Crippen LogP contribution in [0.25, 0.3) is 5.69 Å². The van der Waals surface area contributed by atoms with Crippen LogP contribution in [-0.4, -0.2) is 33.0 Å². The summed E-state index contributed by atoms with van der Waals surface area (Å²) < 4.78 is 1.71. The van der Waals surface area contributed by atoms with Crippen molar-refractivity contribution in [3.8, 4) is 5.69 Å². The normalized spacial score (nSPS) is 12.9. The molecule has 6 heteroatoms. The van der Waals surface area contributed by atoms with Crippen LogP contribution in [0, 0.1) is 0 Å². The molecule has 0 saturated carbocycles. The number of benzene rings is 1. The molecule has 118 valence electrons. The van der Waals surface area contributed by atoms with Gasteiger partial charge in [0.25, 0.3) is 0 Å². The molecule has 0 aliphatic heterocycles. The molecule has 0 spiro atoms. The number of hydrogen-bond donors (Lipinski definition) is 2. The van der Waals surface area contributed by atoms with E-state index >= 15 is 0 Å². The number of rotatable bonds is 5.